The van der Waals surface area contributed by atoms with Crippen molar-refractivity contribution in [1.82, 2.24) is 4.90 Å². The average molecular weight is 592 g/mol. The maximum absolute atomic E-state index is 12.9. The van der Waals surface area contributed by atoms with Gasteiger partial charge in [-0.05, 0) is 58.2 Å². The van der Waals surface area contributed by atoms with E-state index in [9.17, 15) is 19.5 Å². The maximum atomic E-state index is 12.9. The molecule has 0 heterocycles. The number of hydrogen-bond acceptors (Lipinski definition) is 7. The fraction of sp³-hybridized carbons (Fsp3) is 0.382. The van der Waals surface area contributed by atoms with Crippen molar-refractivity contribution in [2.45, 2.75) is 63.5 Å². The normalized spacial score (nSPS) is 12.9. The minimum atomic E-state index is -1.20. The van der Waals surface area contributed by atoms with Crippen molar-refractivity contribution in [3.05, 3.63) is 108 Å². The maximum Gasteiger partial charge on any atom is 0.321 e. The van der Waals surface area contributed by atoms with Crippen LogP contribution >= 0.6 is 11.8 Å². The smallest absolute Gasteiger partial charge is 0.321 e. The van der Waals surface area contributed by atoms with E-state index in [1.54, 1.807) is 41.5 Å². The fourth-order valence-corrected chi connectivity index (χ4v) is 6.33. The van der Waals surface area contributed by atoms with Crippen molar-refractivity contribution in [1.29, 1.82) is 0 Å². The number of aliphatic carboxylic acids is 1. The first-order valence-electron chi connectivity index (χ1n) is 13.9. The molecule has 224 valence electrons. The van der Waals surface area contributed by atoms with Gasteiger partial charge < -0.3 is 14.6 Å². The Hall–Kier alpha value is -3.62. The Kier molecular flexibility index (Phi) is 11.0. The van der Waals surface area contributed by atoms with Gasteiger partial charge in [0.05, 0.1) is 17.8 Å². The Bertz CT molecular complexity index is 1190. The number of carboxylic acids is 1. The van der Waals surface area contributed by atoms with Crippen LogP contribution in [0.25, 0.3) is 0 Å². The molecule has 0 radical (unpaired) electrons. The average Bonchev–Trinajstić information content (AvgIpc) is 2.90. The van der Waals surface area contributed by atoms with Crippen LogP contribution in [-0.4, -0.2) is 64.0 Å². The summed E-state index contributed by atoms with van der Waals surface area (Å²) in [5.74, 6) is -2.34. The number of carbonyl (C=O) groups excluding carboxylic acids is 2. The van der Waals surface area contributed by atoms with Crippen molar-refractivity contribution >= 4 is 29.7 Å². The Morgan fingerprint density at radius 3 is 1.29 bits per heavy atom. The standard InChI is InChI=1S/C34H41NO6S/c1-32(2,3)40-29(36)22-35(23-30(37)41-33(4,5)6)28(31(38)39)24-42-34(25-16-10-7-11-17-25,26-18-12-8-13-19-26)27-20-14-9-15-21-27/h7-21,28H,22-24H2,1-6H3,(H,38,39)/t28-/m0/s1. The molecule has 0 aromatic heterocycles. The van der Waals surface area contributed by atoms with Crippen LogP contribution in [0.15, 0.2) is 91.0 Å². The highest BCUT2D eigenvalue weighted by Crippen LogP contribution is 2.48. The predicted octanol–water partition coefficient (Wildman–Crippen LogP) is 6.15. The quantitative estimate of drug-likeness (QED) is 0.198. The first kappa shape index (κ1) is 32.9. The van der Waals surface area contributed by atoms with Gasteiger partial charge in [0.25, 0.3) is 0 Å². The van der Waals surface area contributed by atoms with Crippen molar-refractivity contribution in [3.63, 3.8) is 0 Å². The number of benzene rings is 3. The summed E-state index contributed by atoms with van der Waals surface area (Å²) in [7, 11) is 0. The van der Waals surface area contributed by atoms with E-state index in [4.69, 9.17) is 9.47 Å². The number of nitrogens with zero attached hydrogens (tertiary/aromatic N) is 1. The lowest BCUT2D eigenvalue weighted by atomic mass is 9.84. The highest BCUT2D eigenvalue weighted by molar-refractivity contribution is 8.00. The van der Waals surface area contributed by atoms with E-state index >= 15 is 0 Å². The van der Waals surface area contributed by atoms with Gasteiger partial charge in [-0.15, -0.1) is 11.8 Å². The number of ether oxygens (including phenoxy) is 2. The molecule has 0 aliphatic carbocycles. The van der Waals surface area contributed by atoms with Gasteiger partial charge in [0.15, 0.2) is 0 Å². The Balaban J connectivity index is 2.07. The van der Waals surface area contributed by atoms with Gasteiger partial charge in [-0.2, -0.15) is 0 Å². The van der Waals surface area contributed by atoms with Crippen LogP contribution in [-0.2, 0) is 28.6 Å². The van der Waals surface area contributed by atoms with Crippen LogP contribution < -0.4 is 0 Å². The fourth-order valence-electron chi connectivity index (χ4n) is 4.66. The Labute approximate surface area is 253 Å². The lowest BCUT2D eigenvalue weighted by Crippen LogP contribution is -2.50. The highest BCUT2D eigenvalue weighted by Gasteiger charge is 2.40. The zero-order valence-electron chi connectivity index (χ0n) is 25.2. The SMILES string of the molecule is CC(C)(C)OC(=O)CN(CC(=O)OC(C)(C)C)[C@@H](CSC(c1ccccc1)(c1ccccc1)c1ccccc1)C(=O)O. The van der Waals surface area contributed by atoms with Crippen molar-refractivity contribution in [3.8, 4) is 0 Å². The number of hydrogen-bond donors (Lipinski definition) is 1. The van der Waals surface area contributed by atoms with Gasteiger partial charge in [-0.3, -0.25) is 19.3 Å². The van der Waals surface area contributed by atoms with Crippen molar-refractivity contribution in [2.75, 3.05) is 18.8 Å². The van der Waals surface area contributed by atoms with Crippen molar-refractivity contribution in [2.24, 2.45) is 0 Å². The largest absolute Gasteiger partial charge is 0.480 e. The van der Waals surface area contributed by atoms with Crippen LogP contribution in [0.1, 0.15) is 58.2 Å². The molecule has 0 saturated heterocycles. The number of rotatable bonds is 12. The summed E-state index contributed by atoms with van der Waals surface area (Å²) < 4.78 is 10.2. The number of carbonyl (C=O) groups is 3. The molecule has 0 aliphatic heterocycles. The van der Waals surface area contributed by atoms with E-state index in [1.165, 1.54) is 16.7 Å². The second kappa shape index (κ2) is 14.0. The molecule has 0 bridgehead atoms. The number of esters is 2. The van der Waals surface area contributed by atoms with Crippen LogP contribution in [0.2, 0.25) is 0 Å². The molecular weight excluding hydrogens is 550 g/mol. The van der Waals surface area contributed by atoms with E-state index < -0.39 is 39.9 Å². The molecule has 0 unspecified atom stereocenters. The summed E-state index contributed by atoms with van der Waals surface area (Å²) in [4.78, 5) is 40.0. The van der Waals surface area contributed by atoms with Crippen LogP contribution in [0.5, 0.6) is 0 Å². The zero-order valence-corrected chi connectivity index (χ0v) is 26.0. The Morgan fingerprint density at radius 2 is 1.00 bits per heavy atom. The topological polar surface area (TPSA) is 93.1 Å². The zero-order chi connectivity index (χ0) is 31.0. The second-order valence-corrected chi connectivity index (χ2v) is 13.3. The lowest BCUT2D eigenvalue weighted by molar-refractivity contribution is -0.162. The molecule has 42 heavy (non-hydrogen) atoms. The van der Waals surface area contributed by atoms with Crippen molar-refractivity contribution < 1.29 is 29.0 Å². The molecule has 3 rings (SSSR count). The van der Waals surface area contributed by atoms with Gasteiger partial charge >= 0.3 is 17.9 Å². The summed E-state index contributed by atoms with van der Waals surface area (Å²) in [5, 5.41) is 10.5. The van der Waals surface area contributed by atoms with E-state index in [1.807, 2.05) is 91.0 Å². The highest BCUT2D eigenvalue weighted by atomic mass is 32.2. The minimum Gasteiger partial charge on any atom is -0.480 e. The third-order valence-electron chi connectivity index (χ3n) is 6.23. The molecular formula is C34H41NO6S. The Morgan fingerprint density at radius 1 is 0.667 bits per heavy atom. The summed E-state index contributed by atoms with van der Waals surface area (Å²) >= 11 is 1.45. The summed E-state index contributed by atoms with van der Waals surface area (Å²) in [6.07, 6.45) is 0. The minimum absolute atomic E-state index is 0.0552. The van der Waals surface area contributed by atoms with Gasteiger partial charge in [-0.25, -0.2) is 0 Å². The number of thioether (sulfide) groups is 1. The molecule has 3 aromatic carbocycles. The first-order chi connectivity index (χ1) is 19.7. The molecule has 0 saturated carbocycles. The predicted molar refractivity (Wildman–Crippen MR) is 166 cm³/mol. The van der Waals surface area contributed by atoms with Gasteiger partial charge in [0, 0.05) is 5.75 Å². The van der Waals surface area contributed by atoms with E-state index in [-0.39, 0.29) is 18.8 Å². The van der Waals surface area contributed by atoms with Crippen LogP contribution in [0.4, 0.5) is 0 Å². The summed E-state index contributed by atoms with van der Waals surface area (Å²) in [6.45, 7) is 9.65. The van der Waals surface area contributed by atoms with Gasteiger partial charge in [0.2, 0.25) is 0 Å². The third kappa shape index (κ3) is 9.19. The van der Waals surface area contributed by atoms with Gasteiger partial charge in [-0.1, -0.05) is 91.0 Å². The summed E-state index contributed by atoms with van der Waals surface area (Å²) in [6, 6.07) is 28.6. The lowest BCUT2D eigenvalue weighted by Gasteiger charge is -2.37. The number of carboxylic acid groups (broad SMARTS) is 1. The monoisotopic (exact) mass is 591 g/mol. The second-order valence-electron chi connectivity index (χ2n) is 12.0. The van der Waals surface area contributed by atoms with Gasteiger partial charge in [0.1, 0.15) is 17.2 Å². The molecule has 1 atom stereocenters. The molecule has 3 aromatic rings. The molecule has 1 N–H and O–H groups in total. The third-order valence-corrected chi connectivity index (χ3v) is 7.85. The molecule has 0 spiro atoms. The molecule has 0 fully saturated rings. The first-order valence-corrected chi connectivity index (χ1v) is 14.9. The molecule has 7 nitrogen and oxygen atoms in total. The van der Waals surface area contributed by atoms with E-state index in [2.05, 4.69) is 0 Å². The molecule has 8 heteroatoms. The molecule has 0 aliphatic rings. The van der Waals surface area contributed by atoms with Crippen LogP contribution in [0.3, 0.4) is 0 Å². The van der Waals surface area contributed by atoms with Crippen LogP contribution in [0, 0.1) is 0 Å². The summed E-state index contributed by atoms with van der Waals surface area (Å²) in [5.41, 5.74) is 1.38. The molecule has 0 amide bonds. The van der Waals surface area contributed by atoms with E-state index in [0.29, 0.717) is 0 Å². The van der Waals surface area contributed by atoms with E-state index in [0.717, 1.165) is 16.7 Å².